The van der Waals surface area contributed by atoms with E-state index >= 15 is 0 Å². The van der Waals surface area contributed by atoms with Gasteiger partial charge in [0, 0.05) is 32.4 Å². The van der Waals surface area contributed by atoms with E-state index in [1.807, 2.05) is 38.1 Å². The van der Waals surface area contributed by atoms with Crippen LogP contribution in [0.25, 0.3) is 16.9 Å². The minimum atomic E-state index is -0.261. The number of nitrogens with zero attached hydrogens (tertiary/aromatic N) is 6. The smallest absolute Gasteiger partial charge is 0.410 e. The quantitative estimate of drug-likeness (QED) is 0.580. The van der Waals surface area contributed by atoms with Crippen molar-refractivity contribution in [3.05, 3.63) is 36.7 Å². The Morgan fingerprint density at radius 1 is 1.06 bits per heavy atom. The highest BCUT2D eigenvalue weighted by atomic mass is 35.5. The molecule has 168 valence electrons. The minimum Gasteiger partial charge on any atom is -0.481 e. The molecule has 11 heteroatoms. The van der Waals surface area contributed by atoms with E-state index in [0.717, 1.165) is 22.7 Å². The van der Waals surface area contributed by atoms with Crippen LogP contribution in [0.4, 0.5) is 10.6 Å². The van der Waals surface area contributed by atoms with Crippen LogP contribution in [0, 0.1) is 0 Å². The first-order valence-corrected chi connectivity index (χ1v) is 9.61. The Labute approximate surface area is 193 Å². The maximum absolute atomic E-state index is 12.1. The van der Waals surface area contributed by atoms with E-state index in [0.29, 0.717) is 32.1 Å². The Balaban J connectivity index is 0.00000171. The van der Waals surface area contributed by atoms with Crippen molar-refractivity contribution in [1.82, 2.24) is 24.5 Å². The van der Waals surface area contributed by atoms with Crippen molar-refractivity contribution in [3.63, 3.8) is 0 Å². The molecule has 1 saturated heterocycles. The van der Waals surface area contributed by atoms with Gasteiger partial charge in [-0.25, -0.2) is 19.3 Å². The zero-order chi connectivity index (χ0) is 20.4. The minimum absolute atomic E-state index is 0. The number of imidazole rings is 1. The molecule has 0 spiro atoms. The van der Waals surface area contributed by atoms with E-state index in [-0.39, 0.29) is 37.0 Å². The molecular weight excluding hydrogens is 443 g/mol. The fourth-order valence-corrected chi connectivity index (χ4v) is 3.36. The molecular formula is C20H26Cl2N6O3. The summed E-state index contributed by atoms with van der Waals surface area (Å²) in [5, 5.41) is 4.79. The average Bonchev–Trinajstić information content (AvgIpc) is 3.16. The van der Waals surface area contributed by atoms with Crippen LogP contribution < -0.4 is 9.64 Å². The van der Waals surface area contributed by atoms with Gasteiger partial charge in [0.25, 0.3) is 0 Å². The molecule has 0 aliphatic carbocycles. The largest absolute Gasteiger partial charge is 0.481 e. The van der Waals surface area contributed by atoms with E-state index in [9.17, 15) is 4.79 Å². The average molecular weight is 469 g/mol. The summed E-state index contributed by atoms with van der Waals surface area (Å²) in [6, 6.07) is 7.68. The molecule has 0 saturated carbocycles. The van der Waals surface area contributed by atoms with E-state index < -0.39 is 0 Å². The van der Waals surface area contributed by atoms with Crippen LogP contribution in [0.1, 0.15) is 13.8 Å². The number of carbonyl (C=O) groups excluding carboxylic acids is 1. The summed E-state index contributed by atoms with van der Waals surface area (Å²) in [5.41, 5.74) is 2.38. The van der Waals surface area contributed by atoms with Crippen molar-refractivity contribution < 1.29 is 14.3 Å². The van der Waals surface area contributed by atoms with Crippen LogP contribution in [0.3, 0.4) is 0 Å². The molecule has 1 amide bonds. The number of amides is 1. The lowest BCUT2D eigenvalue weighted by molar-refractivity contribution is 0.0751. The molecule has 3 aromatic heterocycles. The lowest BCUT2D eigenvalue weighted by Crippen LogP contribution is -2.49. The van der Waals surface area contributed by atoms with Crippen molar-refractivity contribution in [2.24, 2.45) is 0 Å². The van der Waals surface area contributed by atoms with Gasteiger partial charge in [0.1, 0.15) is 5.82 Å². The summed E-state index contributed by atoms with van der Waals surface area (Å²) in [5.74, 6) is 1.36. The number of halogens is 2. The van der Waals surface area contributed by atoms with Gasteiger partial charge in [0.2, 0.25) is 5.88 Å². The molecule has 0 atom stereocenters. The predicted molar refractivity (Wildman–Crippen MR) is 123 cm³/mol. The SMILES string of the molecule is COc1ncccc1-c1cnc2ccc(N3CCN(C(=O)OC(C)C)CC3)nn12.Cl.Cl. The van der Waals surface area contributed by atoms with Gasteiger partial charge in [-0.15, -0.1) is 29.9 Å². The number of hydrogen-bond donors (Lipinski definition) is 0. The highest BCUT2D eigenvalue weighted by molar-refractivity contribution is 5.85. The number of anilines is 1. The molecule has 0 N–H and O–H groups in total. The predicted octanol–water partition coefficient (Wildman–Crippen LogP) is 3.31. The number of aromatic nitrogens is 4. The lowest BCUT2D eigenvalue weighted by atomic mass is 10.2. The monoisotopic (exact) mass is 468 g/mol. The topological polar surface area (TPSA) is 85.1 Å². The number of rotatable bonds is 4. The van der Waals surface area contributed by atoms with Crippen LogP contribution in [0.15, 0.2) is 36.7 Å². The maximum atomic E-state index is 12.1. The molecule has 4 rings (SSSR count). The third-order valence-corrected chi connectivity index (χ3v) is 4.79. The first kappa shape index (κ1) is 24.5. The number of piperazine rings is 1. The van der Waals surface area contributed by atoms with Gasteiger partial charge in [-0.2, -0.15) is 0 Å². The first-order valence-electron chi connectivity index (χ1n) is 9.61. The van der Waals surface area contributed by atoms with E-state index in [1.165, 1.54) is 0 Å². The summed E-state index contributed by atoms with van der Waals surface area (Å²) in [4.78, 5) is 24.7. The molecule has 1 fully saturated rings. The van der Waals surface area contributed by atoms with Crippen LogP contribution in [0.5, 0.6) is 5.88 Å². The van der Waals surface area contributed by atoms with Crippen molar-refractivity contribution in [2.45, 2.75) is 20.0 Å². The standard InChI is InChI=1S/C20H24N6O3.2ClH/c1-14(2)29-20(27)25-11-9-24(10-12-25)18-7-6-17-22-13-16(26(17)23-18)15-5-4-8-21-19(15)28-3;;/h4-8,13-14H,9-12H2,1-3H3;2*1H. The Morgan fingerprint density at radius 2 is 1.81 bits per heavy atom. The van der Waals surface area contributed by atoms with Gasteiger partial charge < -0.3 is 19.3 Å². The van der Waals surface area contributed by atoms with Crippen LogP contribution in [-0.4, -0.2) is 70.0 Å². The molecule has 0 bridgehead atoms. The second-order valence-electron chi connectivity index (χ2n) is 7.07. The normalized spacial score (nSPS) is 13.5. The molecule has 1 aliphatic rings. The Bertz CT molecular complexity index is 1020. The number of fused-ring (bicyclic) bond motifs is 1. The Hall–Kier alpha value is -2.78. The fourth-order valence-electron chi connectivity index (χ4n) is 3.36. The highest BCUT2D eigenvalue weighted by Gasteiger charge is 2.24. The molecule has 9 nitrogen and oxygen atoms in total. The van der Waals surface area contributed by atoms with Gasteiger partial charge in [0.05, 0.1) is 30.7 Å². The second kappa shape index (κ2) is 10.5. The Kier molecular flexibility index (Phi) is 8.29. The zero-order valence-corrected chi connectivity index (χ0v) is 19.2. The summed E-state index contributed by atoms with van der Waals surface area (Å²) >= 11 is 0. The van der Waals surface area contributed by atoms with Gasteiger partial charge in [0.15, 0.2) is 5.65 Å². The van der Waals surface area contributed by atoms with E-state index in [4.69, 9.17) is 14.6 Å². The number of pyridine rings is 1. The zero-order valence-electron chi connectivity index (χ0n) is 17.6. The van der Waals surface area contributed by atoms with E-state index in [2.05, 4.69) is 14.9 Å². The summed E-state index contributed by atoms with van der Waals surface area (Å²) < 4.78 is 12.5. The highest BCUT2D eigenvalue weighted by Crippen LogP contribution is 2.28. The molecule has 0 aromatic carbocycles. The van der Waals surface area contributed by atoms with Crippen molar-refractivity contribution in [3.8, 4) is 17.1 Å². The third-order valence-electron chi connectivity index (χ3n) is 4.79. The number of hydrogen-bond acceptors (Lipinski definition) is 7. The second-order valence-corrected chi connectivity index (χ2v) is 7.07. The third kappa shape index (κ3) is 5.11. The van der Waals surface area contributed by atoms with Crippen molar-refractivity contribution in [1.29, 1.82) is 0 Å². The van der Waals surface area contributed by atoms with Crippen LogP contribution in [-0.2, 0) is 4.74 Å². The molecule has 1 aliphatic heterocycles. The van der Waals surface area contributed by atoms with Crippen molar-refractivity contribution >= 4 is 42.4 Å². The van der Waals surface area contributed by atoms with Gasteiger partial charge >= 0.3 is 6.09 Å². The van der Waals surface area contributed by atoms with E-state index in [1.54, 1.807) is 28.9 Å². The first-order chi connectivity index (χ1) is 14.1. The molecule has 31 heavy (non-hydrogen) atoms. The van der Waals surface area contributed by atoms with Crippen LogP contribution in [0.2, 0.25) is 0 Å². The molecule has 0 radical (unpaired) electrons. The summed E-state index contributed by atoms with van der Waals surface area (Å²) in [6.45, 7) is 6.27. The number of methoxy groups -OCH3 is 1. The Morgan fingerprint density at radius 3 is 2.48 bits per heavy atom. The van der Waals surface area contributed by atoms with Gasteiger partial charge in [-0.3, -0.25) is 0 Å². The summed E-state index contributed by atoms with van der Waals surface area (Å²) in [6.07, 6.45) is 3.08. The van der Waals surface area contributed by atoms with Crippen LogP contribution >= 0.6 is 24.8 Å². The molecule has 0 unspecified atom stereocenters. The summed E-state index contributed by atoms with van der Waals surface area (Å²) in [7, 11) is 1.59. The van der Waals surface area contributed by atoms with Gasteiger partial charge in [-0.05, 0) is 38.1 Å². The fraction of sp³-hybridized carbons (Fsp3) is 0.400. The molecule has 3 aromatic rings. The maximum Gasteiger partial charge on any atom is 0.410 e. The molecule has 4 heterocycles. The lowest BCUT2D eigenvalue weighted by Gasteiger charge is -2.35. The number of carbonyl (C=O) groups is 1. The van der Waals surface area contributed by atoms with Gasteiger partial charge in [-0.1, -0.05) is 0 Å². The van der Waals surface area contributed by atoms with Crippen molar-refractivity contribution in [2.75, 3.05) is 38.2 Å². The number of ether oxygens (including phenoxy) is 2.